The molecule has 0 heterocycles. The van der Waals surface area contributed by atoms with E-state index in [1.54, 1.807) is 25.1 Å². The molecule has 4 rings (SSSR count). The molecule has 0 unspecified atom stereocenters. The molecule has 0 bridgehead atoms. The molecule has 218 valence electrons. The molecule has 7 nitrogen and oxygen atoms in total. The SMILES string of the molecule is CC[C@@H](C(=O)NC1CCCC1)N(Cc1ccc(F)cc1)C(=O)CN(c1ccc(F)c(Cl)c1)S(=O)(=O)c1ccccc1. The van der Waals surface area contributed by atoms with Gasteiger partial charge in [0, 0.05) is 12.6 Å². The van der Waals surface area contributed by atoms with Crippen LogP contribution in [0.3, 0.4) is 0 Å². The summed E-state index contributed by atoms with van der Waals surface area (Å²) < 4.78 is 56.0. The van der Waals surface area contributed by atoms with Gasteiger partial charge in [0.05, 0.1) is 15.6 Å². The first-order chi connectivity index (χ1) is 19.6. The van der Waals surface area contributed by atoms with E-state index in [-0.39, 0.29) is 40.5 Å². The van der Waals surface area contributed by atoms with Crippen molar-refractivity contribution in [1.29, 1.82) is 0 Å². The van der Waals surface area contributed by atoms with Crippen LogP contribution in [0, 0.1) is 11.6 Å². The fourth-order valence-corrected chi connectivity index (χ4v) is 6.56. The van der Waals surface area contributed by atoms with Crippen molar-refractivity contribution < 1.29 is 26.8 Å². The molecule has 3 aromatic rings. The molecule has 1 saturated carbocycles. The molecule has 1 fully saturated rings. The number of amides is 2. The largest absolute Gasteiger partial charge is 0.352 e. The van der Waals surface area contributed by atoms with Crippen LogP contribution in [0.4, 0.5) is 14.5 Å². The topological polar surface area (TPSA) is 86.8 Å². The number of hydrogen-bond acceptors (Lipinski definition) is 4. The summed E-state index contributed by atoms with van der Waals surface area (Å²) in [5, 5.41) is 2.72. The minimum absolute atomic E-state index is 0.00985. The van der Waals surface area contributed by atoms with Gasteiger partial charge in [-0.25, -0.2) is 17.2 Å². The van der Waals surface area contributed by atoms with Crippen molar-refractivity contribution in [3.8, 4) is 0 Å². The predicted molar refractivity (Wildman–Crippen MR) is 154 cm³/mol. The first-order valence-electron chi connectivity index (χ1n) is 13.5. The quantitative estimate of drug-likeness (QED) is 0.306. The third-order valence-electron chi connectivity index (χ3n) is 7.15. The number of halogens is 3. The number of carbonyl (C=O) groups excluding carboxylic acids is 2. The molecule has 1 atom stereocenters. The Morgan fingerprint density at radius 3 is 2.27 bits per heavy atom. The second-order valence-electron chi connectivity index (χ2n) is 9.99. The van der Waals surface area contributed by atoms with Crippen molar-refractivity contribution in [2.45, 2.75) is 62.6 Å². The molecule has 11 heteroatoms. The standard InChI is InChI=1S/C30H32ClF2N3O4S/c1-2-28(30(38)34-23-8-6-7-9-23)35(19-21-12-14-22(32)15-13-21)29(37)20-36(24-16-17-27(33)26(31)18-24)41(39,40)25-10-4-3-5-11-25/h3-5,10-18,23,28H,2,6-9,19-20H2,1H3,(H,34,38)/t28-/m0/s1. The molecule has 1 N–H and O–H groups in total. The summed E-state index contributed by atoms with van der Waals surface area (Å²) in [5.41, 5.74) is 0.549. The first kappa shape index (κ1) is 30.5. The highest BCUT2D eigenvalue weighted by atomic mass is 35.5. The maximum Gasteiger partial charge on any atom is 0.264 e. The molecule has 0 saturated heterocycles. The normalized spacial score (nSPS) is 14.4. The van der Waals surface area contributed by atoms with Crippen LogP contribution in [0.1, 0.15) is 44.6 Å². The molecule has 0 aliphatic heterocycles. The van der Waals surface area contributed by atoms with Gasteiger partial charge in [0.1, 0.15) is 24.2 Å². The second-order valence-corrected chi connectivity index (χ2v) is 12.3. The van der Waals surface area contributed by atoms with E-state index in [9.17, 15) is 26.8 Å². The lowest BCUT2D eigenvalue weighted by Crippen LogP contribution is -2.53. The number of carbonyl (C=O) groups is 2. The van der Waals surface area contributed by atoms with Crippen molar-refractivity contribution in [2.24, 2.45) is 0 Å². The lowest BCUT2D eigenvalue weighted by atomic mass is 10.1. The molecule has 0 aromatic heterocycles. The molecular weight excluding hydrogens is 572 g/mol. The molecule has 2 amide bonds. The van der Waals surface area contributed by atoms with Crippen molar-refractivity contribution >= 4 is 39.1 Å². The Bertz CT molecular complexity index is 1470. The molecule has 1 aliphatic rings. The fraction of sp³-hybridized carbons (Fsp3) is 0.333. The molecule has 0 radical (unpaired) electrons. The smallest absolute Gasteiger partial charge is 0.264 e. The summed E-state index contributed by atoms with van der Waals surface area (Å²) in [5.74, 6) is -2.20. The third-order valence-corrected chi connectivity index (χ3v) is 9.23. The third kappa shape index (κ3) is 7.42. The molecular formula is C30H32ClF2N3O4S. The summed E-state index contributed by atoms with van der Waals surface area (Å²) in [6.45, 7) is 1.02. The van der Waals surface area contributed by atoms with E-state index in [1.165, 1.54) is 47.4 Å². The Balaban J connectivity index is 1.72. The van der Waals surface area contributed by atoms with Crippen LogP contribution in [0.15, 0.2) is 77.7 Å². The highest BCUT2D eigenvalue weighted by molar-refractivity contribution is 7.92. The Hall–Kier alpha value is -3.50. The van der Waals surface area contributed by atoms with E-state index in [4.69, 9.17) is 11.6 Å². The van der Waals surface area contributed by atoms with Gasteiger partial charge in [-0.3, -0.25) is 13.9 Å². The maximum absolute atomic E-state index is 14.0. The van der Waals surface area contributed by atoms with Gasteiger partial charge in [-0.1, -0.05) is 61.7 Å². The number of anilines is 1. The van der Waals surface area contributed by atoms with Gasteiger partial charge >= 0.3 is 0 Å². The van der Waals surface area contributed by atoms with Crippen LogP contribution in [0.5, 0.6) is 0 Å². The lowest BCUT2D eigenvalue weighted by molar-refractivity contribution is -0.140. The molecule has 1 aliphatic carbocycles. The van der Waals surface area contributed by atoms with E-state index < -0.39 is 40.2 Å². The Labute approximate surface area is 244 Å². The van der Waals surface area contributed by atoms with Crippen LogP contribution in [0.25, 0.3) is 0 Å². The minimum Gasteiger partial charge on any atom is -0.352 e. The van der Waals surface area contributed by atoms with Crippen molar-refractivity contribution in [3.63, 3.8) is 0 Å². The van der Waals surface area contributed by atoms with Crippen molar-refractivity contribution in [3.05, 3.63) is 95.0 Å². The minimum atomic E-state index is -4.31. The maximum atomic E-state index is 14.0. The summed E-state index contributed by atoms with van der Waals surface area (Å²) in [7, 11) is -4.31. The van der Waals surface area contributed by atoms with Gasteiger partial charge in [0.15, 0.2) is 0 Å². The highest BCUT2D eigenvalue weighted by Gasteiger charge is 2.34. The zero-order valence-corrected chi connectivity index (χ0v) is 24.2. The zero-order chi connectivity index (χ0) is 29.6. The van der Waals surface area contributed by atoms with E-state index in [0.717, 1.165) is 42.1 Å². The molecule has 0 spiro atoms. The summed E-state index contributed by atoms with van der Waals surface area (Å²) in [6, 6.07) is 15.5. The van der Waals surface area contributed by atoms with Crippen LogP contribution >= 0.6 is 11.6 Å². The number of hydrogen-bond donors (Lipinski definition) is 1. The van der Waals surface area contributed by atoms with Crippen LogP contribution in [-0.4, -0.2) is 43.8 Å². The van der Waals surface area contributed by atoms with Gasteiger partial charge in [-0.05, 0) is 67.3 Å². The Morgan fingerprint density at radius 1 is 1.00 bits per heavy atom. The Kier molecular flexibility index (Phi) is 9.99. The van der Waals surface area contributed by atoms with E-state index in [0.29, 0.717) is 5.56 Å². The molecule has 41 heavy (non-hydrogen) atoms. The monoisotopic (exact) mass is 603 g/mol. The number of nitrogens with zero attached hydrogens (tertiary/aromatic N) is 2. The van der Waals surface area contributed by atoms with Gasteiger partial charge < -0.3 is 10.2 Å². The van der Waals surface area contributed by atoms with E-state index >= 15 is 0 Å². The highest BCUT2D eigenvalue weighted by Crippen LogP contribution is 2.28. The van der Waals surface area contributed by atoms with Gasteiger partial charge in [0.25, 0.3) is 10.0 Å². The number of sulfonamides is 1. The molecule has 3 aromatic carbocycles. The van der Waals surface area contributed by atoms with Crippen LogP contribution in [-0.2, 0) is 26.2 Å². The van der Waals surface area contributed by atoms with E-state index in [2.05, 4.69) is 5.32 Å². The van der Waals surface area contributed by atoms with Crippen molar-refractivity contribution in [1.82, 2.24) is 10.2 Å². The van der Waals surface area contributed by atoms with E-state index in [1.807, 2.05) is 0 Å². The lowest BCUT2D eigenvalue weighted by Gasteiger charge is -2.33. The average molecular weight is 604 g/mol. The Morgan fingerprint density at radius 2 is 1.66 bits per heavy atom. The first-order valence-corrected chi connectivity index (χ1v) is 15.3. The van der Waals surface area contributed by atoms with Gasteiger partial charge in [-0.2, -0.15) is 0 Å². The number of benzene rings is 3. The number of nitrogens with one attached hydrogen (secondary N) is 1. The van der Waals surface area contributed by atoms with Crippen LogP contribution in [0.2, 0.25) is 5.02 Å². The predicted octanol–water partition coefficient (Wildman–Crippen LogP) is 5.68. The zero-order valence-electron chi connectivity index (χ0n) is 22.6. The van der Waals surface area contributed by atoms with Gasteiger partial charge in [0.2, 0.25) is 11.8 Å². The summed E-state index contributed by atoms with van der Waals surface area (Å²) in [4.78, 5) is 28.7. The van der Waals surface area contributed by atoms with Crippen molar-refractivity contribution in [2.75, 3.05) is 10.8 Å². The second kappa shape index (κ2) is 13.4. The van der Waals surface area contributed by atoms with Crippen LogP contribution < -0.4 is 9.62 Å². The summed E-state index contributed by atoms with van der Waals surface area (Å²) >= 11 is 5.99. The summed E-state index contributed by atoms with van der Waals surface area (Å²) in [6.07, 6.45) is 3.98. The van der Waals surface area contributed by atoms with Gasteiger partial charge in [-0.15, -0.1) is 0 Å². The fourth-order valence-electron chi connectivity index (χ4n) is 4.96. The number of rotatable bonds is 11. The average Bonchev–Trinajstić information content (AvgIpc) is 3.47.